The molecule has 3 aromatic rings. The van der Waals surface area contributed by atoms with Crippen molar-refractivity contribution >= 4 is 11.3 Å². The summed E-state index contributed by atoms with van der Waals surface area (Å²) < 4.78 is 45.8. The largest absolute Gasteiger partial charge is 0.488 e. The van der Waals surface area contributed by atoms with Gasteiger partial charge in [-0.1, -0.05) is 48.5 Å². The zero-order chi connectivity index (χ0) is 21.8. The second kappa shape index (κ2) is 8.86. The number of benzene rings is 3. The first kappa shape index (κ1) is 21.0. The molecule has 3 N–H and O–H groups in total. The number of nitrogen functional groups attached to an aromatic ring is 1. The second-order valence-corrected chi connectivity index (χ2v) is 7.43. The normalized spacial score (nSPS) is 14.2. The van der Waals surface area contributed by atoms with Gasteiger partial charge in [-0.25, -0.2) is 0 Å². The molecule has 0 amide bonds. The fourth-order valence-corrected chi connectivity index (χ4v) is 3.80. The molecule has 3 aromatic carbocycles. The van der Waals surface area contributed by atoms with E-state index >= 15 is 0 Å². The van der Waals surface area contributed by atoms with Crippen molar-refractivity contribution in [1.82, 2.24) is 5.32 Å². The molecule has 0 fully saturated rings. The molecule has 160 valence electrons. The Balaban J connectivity index is 1.72. The van der Waals surface area contributed by atoms with Crippen LogP contribution >= 0.6 is 0 Å². The summed E-state index contributed by atoms with van der Waals surface area (Å²) in [4.78, 5) is 0. The van der Waals surface area contributed by atoms with Crippen LogP contribution in [0.4, 0.5) is 18.9 Å². The lowest BCUT2D eigenvalue weighted by molar-refractivity contribution is -0.139. The van der Waals surface area contributed by atoms with Gasteiger partial charge in [-0.05, 0) is 59.5 Å². The van der Waals surface area contributed by atoms with E-state index in [1.165, 1.54) is 12.1 Å². The first-order valence-corrected chi connectivity index (χ1v) is 10.1. The second-order valence-electron chi connectivity index (χ2n) is 7.43. The van der Waals surface area contributed by atoms with Crippen molar-refractivity contribution in [2.75, 3.05) is 18.8 Å². The van der Waals surface area contributed by atoms with Gasteiger partial charge in [0, 0.05) is 17.8 Å². The first-order valence-electron chi connectivity index (χ1n) is 10.1. The molecule has 0 radical (unpaired) electrons. The van der Waals surface area contributed by atoms with Crippen molar-refractivity contribution in [2.45, 2.75) is 19.2 Å². The van der Waals surface area contributed by atoms with Crippen molar-refractivity contribution < 1.29 is 17.9 Å². The number of nitrogens with two attached hydrogens (primary N) is 1. The molecule has 6 heteroatoms. The minimum Gasteiger partial charge on any atom is -0.488 e. The summed E-state index contributed by atoms with van der Waals surface area (Å²) in [5.41, 5.74) is 10.8. The van der Waals surface area contributed by atoms with Gasteiger partial charge < -0.3 is 15.8 Å². The van der Waals surface area contributed by atoms with Gasteiger partial charge in [0.1, 0.15) is 12.4 Å². The number of nitrogens with one attached hydrogen (secondary N) is 1. The summed E-state index contributed by atoms with van der Waals surface area (Å²) in [6.45, 7) is 1.64. The van der Waals surface area contributed by atoms with E-state index < -0.39 is 11.7 Å². The molecular formula is C25H23F3N2O. The molecule has 0 aliphatic carbocycles. The van der Waals surface area contributed by atoms with Crippen molar-refractivity contribution in [3.8, 4) is 16.9 Å². The van der Waals surface area contributed by atoms with Gasteiger partial charge in [-0.3, -0.25) is 0 Å². The fourth-order valence-electron chi connectivity index (χ4n) is 3.80. The van der Waals surface area contributed by atoms with Gasteiger partial charge in [-0.2, -0.15) is 13.2 Å². The monoisotopic (exact) mass is 424 g/mol. The molecule has 0 unspecified atom stereocenters. The number of alkyl halides is 3. The van der Waals surface area contributed by atoms with E-state index in [0.29, 0.717) is 5.69 Å². The highest BCUT2D eigenvalue weighted by Crippen LogP contribution is 2.37. The summed E-state index contributed by atoms with van der Waals surface area (Å²) in [6.07, 6.45) is -1.52. The van der Waals surface area contributed by atoms with Crippen LogP contribution in [0.3, 0.4) is 0 Å². The van der Waals surface area contributed by atoms with E-state index in [2.05, 4.69) is 11.4 Å². The zero-order valence-corrected chi connectivity index (χ0v) is 16.9. The van der Waals surface area contributed by atoms with Crippen LogP contribution in [0.5, 0.6) is 5.75 Å². The number of hydrogen-bond donors (Lipinski definition) is 2. The van der Waals surface area contributed by atoms with E-state index in [1.807, 2.05) is 42.5 Å². The van der Waals surface area contributed by atoms with Crippen molar-refractivity contribution in [2.24, 2.45) is 0 Å². The third-order valence-electron chi connectivity index (χ3n) is 5.36. The van der Waals surface area contributed by atoms with Crippen LogP contribution < -0.4 is 15.8 Å². The molecule has 0 spiro atoms. The highest BCUT2D eigenvalue weighted by molar-refractivity contribution is 5.79. The van der Waals surface area contributed by atoms with E-state index in [9.17, 15) is 13.2 Å². The lowest BCUT2D eigenvalue weighted by Gasteiger charge is -2.20. The maximum absolute atomic E-state index is 13.4. The summed E-state index contributed by atoms with van der Waals surface area (Å²) in [6, 6.07) is 18.8. The first-order chi connectivity index (χ1) is 14.9. The molecule has 3 nitrogen and oxygen atoms in total. The molecule has 1 aliphatic heterocycles. The Kier molecular flexibility index (Phi) is 6.00. The Morgan fingerprint density at radius 2 is 1.71 bits per heavy atom. The molecule has 4 rings (SSSR count). The fraction of sp³-hybridized carbons (Fsp3) is 0.200. The van der Waals surface area contributed by atoms with Crippen molar-refractivity contribution in [3.05, 3.63) is 89.5 Å². The Morgan fingerprint density at radius 1 is 0.935 bits per heavy atom. The quantitative estimate of drug-likeness (QED) is 0.501. The summed E-state index contributed by atoms with van der Waals surface area (Å²) >= 11 is 0. The van der Waals surface area contributed by atoms with Gasteiger partial charge in [0.15, 0.2) is 0 Å². The average Bonchev–Trinajstić information content (AvgIpc) is 2.78. The Hall–Kier alpha value is -3.25. The lowest BCUT2D eigenvalue weighted by Crippen LogP contribution is -2.20. The highest BCUT2D eigenvalue weighted by atomic mass is 19.4. The van der Waals surface area contributed by atoms with Crippen LogP contribution in [0.1, 0.15) is 23.1 Å². The Bertz CT molecular complexity index is 1110. The minimum absolute atomic E-state index is 0.0216. The zero-order valence-electron chi connectivity index (χ0n) is 16.9. The van der Waals surface area contributed by atoms with Crippen LogP contribution in [-0.4, -0.2) is 13.1 Å². The predicted molar refractivity (Wildman–Crippen MR) is 118 cm³/mol. The number of halogens is 3. The maximum atomic E-state index is 13.4. The maximum Gasteiger partial charge on any atom is 0.419 e. The van der Waals surface area contributed by atoms with E-state index in [0.717, 1.165) is 53.4 Å². The Labute approximate surface area is 179 Å². The van der Waals surface area contributed by atoms with E-state index in [4.69, 9.17) is 10.5 Å². The minimum atomic E-state index is -4.47. The highest BCUT2D eigenvalue weighted by Gasteiger charge is 2.34. The third-order valence-corrected chi connectivity index (χ3v) is 5.36. The average molecular weight is 424 g/mol. The van der Waals surface area contributed by atoms with Crippen LogP contribution in [0, 0.1) is 0 Å². The molecule has 1 heterocycles. The summed E-state index contributed by atoms with van der Waals surface area (Å²) in [7, 11) is 0. The standard InChI is InChI=1S/C25H23F3N2O/c26-25(27,28)22-6-2-4-8-24(22)31-16-19-15-18(21-5-1-3-7-23(21)29)9-10-20(19)17-11-13-30-14-12-17/h1-11,15,30H,12-14,16,29H2. The molecule has 1 aliphatic rings. The van der Waals surface area contributed by atoms with Crippen LogP contribution in [0.15, 0.2) is 72.8 Å². The Morgan fingerprint density at radius 3 is 2.45 bits per heavy atom. The van der Waals surface area contributed by atoms with Gasteiger partial charge >= 0.3 is 6.18 Å². The molecule has 0 bridgehead atoms. The van der Waals surface area contributed by atoms with Gasteiger partial charge in [0.25, 0.3) is 0 Å². The lowest BCUT2D eigenvalue weighted by atomic mass is 9.92. The number of anilines is 1. The van der Waals surface area contributed by atoms with Gasteiger partial charge in [0.05, 0.1) is 5.56 Å². The summed E-state index contributed by atoms with van der Waals surface area (Å²) in [5.74, 6) is -0.176. The van der Waals surface area contributed by atoms with E-state index in [1.54, 1.807) is 6.07 Å². The molecule has 31 heavy (non-hydrogen) atoms. The molecular weight excluding hydrogens is 401 g/mol. The van der Waals surface area contributed by atoms with Crippen LogP contribution in [0.2, 0.25) is 0 Å². The number of para-hydroxylation sites is 2. The van der Waals surface area contributed by atoms with Gasteiger partial charge in [-0.15, -0.1) is 0 Å². The SMILES string of the molecule is Nc1ccccc1-c1ccc(C2=CCNCC2)c(COc2ccccc2C(F)(F)F)c1. The third kappa shape index (κ3) is 4.75. The molecule has 0 aromatic heterocycles. The topological polar surface area (TPSA) is 47.3 Å². The molecule has 0 saturated carbocycles. The number of ether oxygens (including phenoxy) is 1. The summed E-state index contributed by atoms with van der Waals surface area (Å²) in [5, 5.41) is 3.28. The van der Waals surface area contributed by atoms with Crippen LogP contribution in [0.25, 0.3) is 16.7 Å². The molecule has 0 atom stereocenters. The van der Waals surface area contributed by atoms with Crippen molar-refractivity contribution in [1.29, 1.82) is 0 Å². The number of rotatable bonds is 5. The smallest absolute Gasteiger partial charge is 0.419 e. The molecule has 0 saturated heterocycles. The van der Waals surface area contributed by atoms with Crippen molar-refractivity contribution in [3.63, 3.8) is 0 Å². The van der Waals surface area contributed by atoms with Gasteiger partial charge in [0.2, 0.25) is 0 Å². The van der Waals surface area contributed by atoms with Crippen LogP contribution in [-0.2, 0) is 12.8 Å². The van der Waals surface area contributed by atoms with E-state index in [-0.39, 0.29) is 12.4 Å². The predicted octanol–water partition coefficient (Wildman–Crippen LogP) is 5.91. The number of hydrogen-bond acceptors (Lipinski definition) is 3.